The Morgan fingerprint density at radius 1 is 0.958 bits per heavy atom. The normalized spacial score (nSPS) is 13.2. The molecule has 0 radical (unpaired) electrons. The summed E-state index contributed by atoms with van der Waals surface area (Å²) in [6, 6.07) is 12.8. The average Bonchev–Trinajstić information content (AvgIpc) is 3.22. The second-order valence-corrected chi connectivity index (χ2v) is 6.86. The maximum absolute atomic E-state index is 5.65. The van der Waals surface area contributed by atoms with Crippen LogP contribution in [0, 0.1) is 0 Å². The SMILES string of the molecule is CC(C)c1cc(CC(C)c2ccc3ccoc3c2)c2ocnc2c1. The Hall–Kier alpha value is -2.55. The van der Waals surface area contributed by atoms with Crippen LogP contribution >= 0.6 is 0 Å². The summed E-state index contributed by atoms with van der Waals surface area (Å²) < 4.78 is 11.2. The molecule has 0 bridgehead atoms. The second kappa shape index (κ2) is 5.82. The van der Waals surface area contributed by atoms with E-state index < -0.39 is 0 Å². The Morgan fingerprint density at radius 2 is 1.83 bits per heavy atom. The average molecular weight is 319 g/mol. The van der Waals surface area contributed by atoms with E-state index in [4.69, 9.17) is 8.83 Å². The molecule has 2 aromatic heterocycles. The van der Waals surface area contributed by atoms with Gasteiger partial charge in [-0.1, -0.05) is 39.0 Å². The first-order valence-electron chi connectivity index (χ1n) is 8.45. The number of aromatic nitrogens is 1. The summed E-state index contributed by atoms with van der Waals surface area (Å²) in [6.45, 7) is 6.66. The molecule has 0 fully saturated rings. The molecule has 4 aromatic rings. The van der Waals surface area contributed by atoms with Gasteiger partial charge in [-0.25, -0.2) is 4.98 Å². The standard InChI is InChI=1S/C21H21NO2/c1-13(2)17-9-18(21-19(10-17)22-12-24-21)8-14(3)16-5-4-15-6-7-23-20(15)11-16/h4-7,9-14H,8H2,1-3H3. The quantitative estimate of drug-likeness (QED) is 0.460. The number of benzene rings is 2. The summed E-state index contributed by atoms with van der Waals surface area (Å²) >= 11 is 0. The van der Waals surface area contributed by atoms with Crippen molar-refractivity contribution in [2.75, 3.05) is 0 Å². The third kappa shape index (κ3) is 2.60. The smallest absolute Gasteiger partial charge is 0.181 e. The highest BCUT2D eigenvalue weighted by molar-refractivity contribution is 5.78. The maximum atomic E-state index is 5.65. The van der Waals surface area contributed by atoms with Crippen LogP contribution in [-0.4, -0.2) is 4.98 Å². The molecule has 4 rings (SSSR count). The minimum absolute atomic E-state index is 0.371. The van der Waals surface area contributed by atoms with Crippen molar-refractivity contribution >= 4 is 22.1 Å². The van der Waals surface area contributed by atoms with Gasteiger partial charge in [0.25, 0.3) is 0 Å². The van der Waals surface area contributed by atoms with E-state index in [-0.39, 0.29) is 0 Å². The van der Waals surface area contributed by atoms with E-state index in [1.165, 1.54) is 23.1 Å². The summed E-state index contributed by atoms with van der Waals surface area (Å²) in [7, 11) is 0. The lowest BCUT2D eigenvalue weighted by molar-refractivity contribution is 0.594. The third-order valence-corrected chi connectivity index (χ3v) is 4.77. The van der Waals surface area contributed by atoms with Crippen LogP contribution < -0.4 is 0 Å². The van der Waals surface area contributed by atoms with Crippen LogP contribution in [0.15, 0.2) is 57.9 Å². The molecule has 0 spiro atoms. The third-order valence-electron chi connectivity index (χ3n) is 4.77. The largest absolute Gasteiger partial charge is 0.464 e. The molecule has 0 aliphatic heterocycles. The van der Waals surface area contributed by atoms with Gasteiger partial charge < -0.3 is 8.83 Å². The highest BCUT2D eigenvalue weighted by Gasteiger charge is 2.15. The number of oxazole rings is 1. The van der Waals surface area contributed by atoms with Gasteiger partial charge in [0.05, 0.1) is 6.26 Å². The fourth-order valence-electron chi connectivity index (χ4n) is 3.27. The zero-order valence-corrected chi connectivity index (χ0v) is 14.2. The van der Waals surface area contributed by atoms with Gasteiger partial charge >= 0.3 is 0 Å². The highest BCUT2D eigenvalue weighted by atomic mass is 16.3. The van der Waals surface area contributed by atoms with Crippen molar-refractivity contribution in [2.45, 2.75) is 39.0 Å². The molecule has 24 heavy (non-hydrogen) atoms. The topological polar surface area (TPSA) is 39.2 Å². The van der Waals surface area contributed by atoms with Crippen molar-refractivity contribution in [1.29, 1.82) is 0 Å². The van der Waals surface area contributed by atoms with Crippen LogP contribution in [-0.2, 0) is 6.42 Å². The lowest BCUT2D eigenvalue weighted by atomic mass is 9.90. The molecule has 122 valence electrons. The van der Waals surface area contributed by atoms with Crippen molar-refractivity contribution < 1.29 is 8.83 Å². The molecular formula is C21H21NO2. The van der Waals surface area contributed by atoms with E-state index in [0.717, 1.165) is 28.5 Å². The van der Waals surface area contributed by atoms with Crippen LogP contribution in [0.25, 0.3) is 22.1 Å². The Morgan fingerprint density at radius 3 is 2.67 bits per heavy atom. The molecule has 0 aliphatic rings. The summed E-state index contributed by atoms with van der Waals surface area (Å²) in [4.78, 5) is 4.35. The Bertz CT molecular complexity index is 993. The molecule has 0 saturated carbocycles. The molecule has 1 atom stereocenters. The molecule has 0 N–H and O–H groups in total. The summed E-state index contributed by atoms with van der Waals surface area (Å²) in [5.74, 6) is 0.842. The molecule has 2 aromatic carbocycles. The first kappa shape index (κ1) is 15.0. The Labute approximate surface area is 141 Å². The maximum Gasteiger partial charge on any atom is 0.181 e. The summed E-state index contributed by atoms with van der Waals surface area (Å²) in [6.07, 6.45) is 4.19. The molecule has 0 aliphatic carbocycles. The van der Waals surface area contributed by atoms with Gasteiger partial charge in [0, 0.05) is 5.39 Å². The zero-order chi connectivity index (χ0) is 16.7. The predicted octanol–water partition coefficient (Wildman–Crippen LogP) is 6.04. The molecule has 3 heteroatoms. The molecule has 0 amide bonds. The van der Waals surface area contributed by atoms with Gasteiger partial charge in [-0.05, 0) is 53.1 Å². The number of hydrogen-bond acceptors (Lipinski definition) is 3. The van der Waals surface area contributed by atoms with Gasteiger partial charge in [-0.2, -0.15) is 0 Å². The van der Waals surface area contributed by atoms with Crippen molar-refractivity contribution in [3.63, 3.8) is 0 Å². The van der Waals surface area contributed by atoms with E-state index in [1.54, 1.807) is 6.26 Å². The van der Waals surface area contributed by atoms with Crippen LogP contribution in [0.5, 0.6) is 0 Å². The van der Waals surface area contributed by atoms with Gasteiger partial charge in [0.15, 0.2) is 12.0 Å². The van der Waals surface area contributed by atoms with E-state index in [1.807, 2.05) is 6.07 Å². The first-order chi connectivity index (χ1) is 11.6. The number of nitrogens with zero attached hydrogens (tertiary/aromatic N) is 1. The van der Waals surface area contributed by atoms with Crippen LogP contribution in [0.1, 0.15) is 49.3 Å². The predicted molar refractivity (Wildman–Crippen MR) is 96.4 cm³/mol. The van der Waals surface area contributed by atoms with E-state index in [9.17, 15) is 0 Å². The van der Waals surface area contributed by atoms with Crippen molar-refractivity contribution in [2.24, 2.45) is 0 Å². The van der Waals surface area contributed by atoms with E-state index >= 15 is 0 Å². The lowest BCUT2D eigenvalue weighted by Gasteiger charge is -2.14. The van der Waals surface area contributed by atoms with Gasteiger partial charge in [-0.3, -0.25) is 0 Å². The summed E-state index contributed by atoms with van der Waals surface area (Å²) in [5, 5.41) is 1.14. The van der Waals surface area contributed by atoms with E-state index in [2.05, 4.69) is 56.1 Å². The fraction of sp³-hybridized carbons (Fsp3) is 0.286. The lowest BCUT2D eigenvalue weighted by Crippen LogP contribution is -2.00. The number of fused-ring (bicyclic) bond motifs is 2. The Balaban J connectivity index is 1.70. The number of furan rings is 1. The second-order valence-electron chi connectivity index (χ2n) is 6.86. The van der Waals surface area contributed by atoms with Crippen LogP contribution in [0.2, 0.25) is 0 Å². The Kier molecular flexibility index (Phi) is 3.64. The van der Waals surface area contributed by atoms with E-state index in [0.29, 0.717) is 11.8 Å². The molecule has 1 unspecified atom stereocenters. The summed E-state index contributed by atoms with van der Waals surface area (Å²) in [5.41, 5.74) is 6.61. The molecule has 0 saturated heterocycles. The fourth-order valence-corrected chi connectivity index (χ4v) is 3.27. The monoisotopic (exact) mass is 319 g/mol. The first-order valence-corrected chi connectivity index (χ1v) is 8.45. The molecular weight excluding hydrogens is 298 g/mol. The van der Waals surface area contributed by atoms with Crippen molar-refractivity contribution in [3.8, 4) is 0 Å². The number of hydrogen-bond donors (Lipinski definition) is 0. The van der Waals surface area contributed by atoms with Gasteiger partial charge in [0.2, 0.25) is 0 Å². The zero-order valence-electron chi connectivity index (χ0n) is 14.2. The van der Waals surface area contributed by atoms with Crippen molar-refractivity contribution in [1.82, 2.24) is 4.98 Å². The van der Waals surface area contributed by atoms with Crippen molar-refractivity contribution in [3.05, 3.63) is 65.7 Å². The van der Waals surface area contributed by atoms with Gasteiger partial charge in [0.1, 0.15) is 11.1 Å². The van der Waals surface area contributed by atoms with Crippen LogP contribution in [0.4, 0.5) is 0 Å². The molecule has 2 heterocycles. The minimum Gasteiger partial charge on any atom is -0.464 e. The number of rotatable bonds is 4. The highest BCUT2D eigenvalue weighted by Crippen LogP contribution is 2.30. The molecule has 3 nitrogen and oxygen atoms in total. The van der Waals surface area contributed by atoms with Gasteiger partial charge in [-0.15, -0.1) is 0 Å². The van der Waals surface area contributed by atoms with Crippen LogP contribution in [0.3, 0.4) is 0 Å². The minimum atomic E-state index is 0.371.